The summed E-state index contributed by atoms with van der Waals surface area (Å²) in [4.78, 5) is 25.0. The van der Waals surface area contributed by atoms with Crippen molar-refractivity contribution in [1.82, 2.24) is 19.8 Å². The highest BCUT2D eigenvalue weighted by Crippen LogP contribution is 2.16. The summed E-state index contributed by atoms with van der Waals surface area (Å²) in [6, 6.07) is 8.03. The number of aryl methyl sites for hydroxylation is 1. The average molecular weight is 314 g/mol. The van der Waals surface area contributed by atoms with Gasteiger partial charge in [0.25, 0.3) is 5.91 Å². The molecule has 1 N–H and O–H groups in total. The molecule has 122 valence electrons. The third-order valence-corrected chi connectivity index (χ3v) is 4.25. The first-order valence-electron chi connectivity index (χ1n) is 7.96. The van der Waals surface area contributed by atoms with E-state index >= 15 is 0 Å². The Hall–Kier alpha value is -2.05. The zero-order chi connectivity index (χ0) is 16.4. The van der Waals surface area contributed by atoms with E-state index in [0.29, 0.717) is 19.6 Å². The van der Waals surface area contributed by atoms with Crippen molar-refractivity contribution in [2.24, 2.45) is 0 Å². The van der Waals surface area contributed by atoms with Gasteiger partial charge in [-0.25, -0.2) is 9.97 Å². The number of fused-ring (bicyclic) bond motifs is 1. The summed E-state index contributed by atoms with van der Waals surface area (Å²) in [5, 5.41) is 10.5. The van der Waals surface area contributed by atoms with E-state index in [4.69, 9.17) is 0 Å². The summed E-state index contributed by atoms with van der Waals surface area (Å²) in [6.45, 7) is 7.02. The molecule has 1 aromatic carbocycles. The predicted molar refractivity (Wildman–Crippen MR) is 87.8 cm³/mol. The van der Waals surface area contributed by atoms with Crippen LogP contribution >= 0.6 is 0 Å². The Morgan fingerprint density at radius 3 is 2.61 bits per heavy atom. The van der Waals surface area contributed by atoms with Gasteiger partial charge in [0.15, 0.2) is 0 Å². The Morgan fingerprint density at radius 2 is 1.91 bits per heavy atom. The molecular weight excluding hydrogens is 292 g/mol. The van der Waals surface area contributed by atoms with Gasteiger partial charge in [0.05, 0.1) is 12.1 Å². The number of para-hydroxylation sites is 1. The number of hydrogen-bond acceptors (Lipinski definition) is 5. The summed E-state index contributed by atoms with van der Waals surface area (Å²) >= 11 is 0. The zero-order valence-electron chi connectivity index (χ0n) is 13.6. The molecule has 0 radical (unpaired) electrons. The van der Waals surface area contributed by atoms with Crippen molar-refractivity contribution in [3.05, 3.63) is 35.8 Å². The Labute approximate surface area is 135 Å². The number of benzene rings is 1. The van der Waals surface area contributed by atoms with Crippen LogP contribution in [0.25, 0.3) is 10.9 Å². The summed E-state index contributed by atoms with van der Waals surface area (Å²) in [6.07, 6.45) is -0.923. The molecular formula is C17H22N4O2. The molecule has 1 unspecified atom stereocenters. The maximum Gasteiger partial charge on any atom is 0.251 e. The van der Waals surface area contributed by atoms with E-state index < -0.39 is 6.10 Å². The number of amides is 1. The van der Waals surface area contributed by atoms with Crippen molar-refractivity contribution in [2.75, 3.05) is 26.2 Å². The van der Waals surface area contributed by atoms with Gasteiger partial charge in [0.1, 0.15) is 11.9 Å². The molecule has 3 rings (SSSR count). The zero-order valence-corrected chi connectivity index (χ0v) is 13.6. The van der Waals surface area contributed by atoms with E-state index in [-0.39, 0.29) is 5.91 Å². The van der Waals surface area contributed by atoms with Gasteiger partial charge in [-0.2, -0.15) is 0 Å². The molecule has 1 aliphatic rings. The van der Waals surface area contributed by atoms with E-state index in [1.54, 1.807) is 4.90 Å². The molecule has 1 aromatic heterocycles. The Kier molecular flexibility index (Phi) is 4.54. The topological polar surface area (TPSA) is 69.6 Å². The molecule has 2 heterocycles. The van der Waals surface area contributed by atoms with Crippen LogP contribution < -0.4 is 0 Å². The van der Waals surface area contributed by atoms with Crippen molar-refractivity contribution in [2.45, 2.75) is 26.5 Å². The third-order valence-electron chi connectivity index (χ3n) is 4.25. The maximum atomic E-state index is 11.8. The molecule has 1 aliphatic heterocycles. The van der Waals surface area contributed by atoms with E-state index in [1.165, 1.54) is 6.92 Å². The summed E-state index contributed by atoms with van der Waals surface area (Å²) in [7, 11) is 0. The van der Waals surface area contributed by atoms with Gasteiger partial charge in [0.2, 0.25) is 0 Å². The van der Waals surface area contributed by atoms with Crippen LogP contribution in [0.2, 0.25) is 0 Å². The lowest BCUT2D eigenvalue weighted by molar-refractivity contribution is -0.141. The highest BCUT2D eigenvalue weighted by molar-refractivity contribution is 5.81. The van der Waals surface area contributed by atoms with Crippen LogP contribution in [0.15, 0.2) is 24.3 Å². The first-order chi connectivity index (χ1) is 11.0. The van der Waals surface area contributed by atoms with E-state index in [0.717, 1.165) is 35.5 Å². The van der Waals surface area contributed by atoms with E-state index in [2.05, 4.69) is 14.9 Å². The molecule has 6 heteroatoms. The fourth-order valence-electron chi connectivity index (χ4n) is 2.96. The third kappa shape index (κ3) is 3.48. The number of carbonyl (C=O) groups is 1. The van der Waals surface area contributed by atoms with Crippen molar-refractivity contribution >= 4 is 16.8 Å². The minimum Gasteiger partial charge on any atom is -0.384 e. The minimum atomic E-state index is -0.923. The molecule has 1 fully saturated rings. The van der Waals surface area contributed by atoms with E-state index in [9.17, 15) is 9.90 Å². The molecule has 2 aromatic rings. The second kappa shape index (κ2) is 6.60. The van der Waals surface area contributed by atoms with Crippen LogP contribution in [-0.2, 0) is 11.3 Å². The van der Waals surface area contributed by atoms with Gasteiger partial charge in [0, 0.05) is 37.3 Å². The number of aliphatic hydroxyl groups is 1. The average Bonchev–Trinajstić information content (AvgIpc) is 2.55. The summed E-state index contributed by atoms with van der Waals surface area (Å²) < 4.78 is 0. The number of carbonyl (C=O) groups excluding carboxylic acids is 1. The minimum absolute atomic E-state index is 0.192. The van der Waals surface area contributed by atoms with Crippen molar-refractivity contribution in [1.29, 1.82) is 0 Å². The molecule has 0 saturated carbocycles. The number of rotatable bonds is 3. The van der Waals surface area contributed by atoms with Crippen molar-refractivity contribution in [3.63, 3.8) is 0 Å². The largest absolute Gasteiger partial charge is 0.384 e. The summed E-state index contributed by atoms with van der Waals surface area (Å²) in [5.41, 5.74) is 1.96. The lowest BCUT2D eigenvalue weighted by atomic mass is 10.2. The fourth-order valence-corrected chi connectivity index (χ4v) is 2.96. The van der Waals surface area contributed by atoms with E-state index in [1.807, 2.05) is 31.2 Å². The first kappa shape index (κ1) is 15.8. The van der Waals surface area contributed by atoms with Gasteiger partial charge in [-0.15, -0.1) is 0 Å². The van der Waals surface area contributed by atoms with Crippen molar-refractivity contribution in [3.8, 4) is 0 Å². The summed E-state index contributed by atoms with van der Waals surface area (Å²) in [5.74, 6) is 0.624. The van der Waals surface area contributed by atoms with Crippen LogP contribution in [0.3, 0.4) is 0 Å². The molecule has 6 nitrogen and oxygen atoms in total. The van der Waals surface area contributed by atoms with Gasteiger partial charge >= 0.3 is 0 Å². The molecule has 1 atom stereocenters. The fraction of sp³-hybridized carbons (Fsp3) is 0.471. The number of nitrogens with zero attached hydrogens (tertiary/aromatic N) is 4. The Balaban J connectivity index is 1.66. The van der Waals surface area contributed by atoms with Gasteiger partial charge in [-0.1, -0.05) is 18.2 Å². The molecule has 0 aliphatic carbocycles. The molecule has 0 bridgehead atoms. The highest BCUT2D eigenvalue weighted by Gasteiger charge is 2.24. The number of aliphatic hydroxyl groups excluding tert-OH is 1. The predicted octanol–water partition coefficient (Wildman–Crippen LogP) is 0.963. The van der Waals surface area contributed by atoms with Crippen LogP contribution in [0.4, 0.5) is 0 Å². The first-order valence-corrected chi connectivity index (χ1v) is 7.96. The Bertz CT molecular complexity index is 709. The lowest BCUT2D eigenvalue weighted by Crippen LogP contribution is -2.50. The molecule has 23 heavy (non-hydrogen) atoms. The standard InChI is InChI=1S/C17H22N4O2/c1-12-14-5-3-4-6-15(14)19-16(18-12)11-20-7-9-21(10-8-20)17(23)13(2)22/h3-6,13,22H,7-11H2,1-2H3. The monoisotopic (exact) mass is 314 g/mol. The Morgan fingerprint density at radius 1 is 1.22 bits per heavy atom. The second-order valence-corrected chi connectivity index (χ2v) is 6.02. The smallest absolute Gasteiger partial charge is 0.251 e. The van der Waals surface area contributed by atoms with Crippen molar-refractivity contribution < 1.29 is 9.90 Å². The van der Waals surface area contributed by atoms with Crippen LogP contribution in [0, 0.1) is 6.92 Å². The quantitative estimate of drug-likeness (QED) is 0.914. The normalized spacial score (nSPS) is 17.4. The number of hydrogen-bond donors (Lipinski definition) is 1. The second-order valence-electron chi connectivity index (χ2n) is 6.02. The maximum absolute atomic E-state index is 11.8. The van der Waals surface area contributed by atoms with Gasteiger partial charge in [-0.05, 0) is 19.9 Å². The molecule has 0 spiro atoms. The van der Waals surface area contributed by atoms with Crippen LogP contribution in [0.1, 0.15) is 18.4 Å². The van der Waals surface area contributed by atoms with Crippen LogP contribution in [-0.4, -0.2) is 63.1 Å². The number of piperazine rings is 1. The van der Waals surface area contributed by atoms with Gasteiger partial charge in [-0.3, -0.25) is 9.69 Å². The van der Waals surface area contributed by atoms with Gasteiger partial charge < -0.3 is 10.0 Å². The lowest BCUT2D eigenvalue weighted by Gasteiger charge is -2.34. The number of aromatic nitrogens is 2. The molecule has 1 amide bonds. The highest BCUT2D eigenvalue weighted by atomic mass is 16.3. The molecule has 1 saturated heterocycles. The van der Waals surface area contributed by atoms with Crippen LogP contribution in [0.5, 0.6) is 0 Å². The SMILES string of the molecule is Cc1nc(CN2CCN(C(=O)C(C)O)CC2)nc2ccccc12.